The minimum absolute atomic E-state index is 0.0143. The number of hydrogen-bond donors (Lipinski definition) is 1. The number of ether oxygens (including phenoxy) is 1. The zero-order valence-electron chi connectivity index (χ0n) is 10.2. The molecule has 0 atom stereocenters. The van der Waals surface area contributed by atoms with E-state index >= 15 is 0 Å². The average Bonchev–Trinajstić information content (AvgIpc) is 2.42. The zero-order chi connectivity index (χ0) is 14.7. The summed E-state index contributed by atoms with van der Waals surface area (Å²) in [4.78, 5) is 19.9. The topological polar surface area (TPSA) is 64.1 Å². The summed E-state index contributed by atoms with van der Waals surface area (Å²) in [7, 11) is 1.41. The number of hydrogen-bond acceptors (Lipinski definition) is 4. The van der Waals surface area contributed by atoms with E-state index in [1.165, 1.54) is 13.3 Å². The van der Waals surface area contributed by atoms with Crippen molar-refractivity contribution in [2.24, 2.45) is 0 Å². The number of carbonyl (C=O) groups is 1. The summed E-state index contributed by atoms with van der Waals surface area (Å²) in [6.07, 6.45) is 1.31. The second kappa shape index (κ2) is 6.51. The van der Waals surface area contributed by atoms with E-state index in [-0.39, 0.29) is 16.7 Å². The Hall–Kier alpha value is -1.18. The second-order valence-electron chi connectivity index (χ2n) is 3.61. The number of nitrogens with one attached hydrogen (secondary N) is 1. The van der Waals surface area contributed by atoms with Crippen molar-refractivity contribution in [1.29, 1.82) is 0 Å². The first-order valence-corrected chi connectivity index (χ1v) is 7.31. The monoisotopic (exact) mass is 419 g/mol. The molecular formula is C12H8Br2ClN3O2. The van der Waals surface area contributed by atoms with E-state index in [1.54, 1.807) is 0 Å². The first-order valence-electron chi connectivity index (χ1n) is 5.35. The zero-order valence-corrected chi connectivity index (χ0v) is 14.1. The predicted molar refractivity (Wildman–Crippen MR) is 83.4 cm³/mol. The maximum atomic E-state index is 12.3. The van der Waals surface area contributed by atoms with Gasteiger partial charge in [0.2, 0.25) is 11.2 Å². The molecule has 2 rings (SSSR count). The van der Waals surface area contributed by atoms with Crippen LogP contribution in [0.1, 0.15) is 10.4 Å². The third kappa shape index (κ3) is 3.28. The van der Waals surface area contributed by atoms with Gasteiger partial charge in [-0.15, -0.1) is 0 Å². The molecule has 0 unspecified atom stereocenters. The van der Waals surface area contributed by atoms with Crippen LogP contribution in [0.15, 0.2) is 33.3 Å². The van der Waals surface area contributed by atoms with E-state index in [4.69, 9.17) is 16.3 Å². The van der Waals surface area contributed by atoms with Crippen LogP contribution in [0.4, 0.5) is 5.69 Å². The fourth-order valence-electron chi connectivity index (χ4n) is 1.46. The number of nitrogens with zero attached hydrogens (tertiary/aromatic N) is 2. The van der Waals surface area contributed by atoms with Crippen molar-refractivity contribution >= 4 is 55.1 Å². The van der Waals surface area contributed by atoms with Crippen LogP contribution in [-0.2, 0) is 0 Å². The third-order valence-corrected chi connectivity index (χ3v) is 3.87. The molecule has 0 aliphatic heterocycles. The number of rotatable bonds is 3. The van der Waals surface area contributed by atoms with E-state index in [2.05, 4.69) is 47.1 Å². The Balaban J connectivity index is 2.33. The Kier molecular flexibility index (Phi) is 4.95. The molecule has 0 saturated carbocycles. The molecule has 0 spiro atoms. The van der Waals surface area contributed by atoms with Crippen molar-refractivity contribution in [2.75, 3.05) is 12.4 Å². The molecule has 2 aromatic rings. The largest absolute Gasteiger partial charge is 0.480 e. The summed E-state index contributed by atoms with van der Waals surface area (Å²) in [5, 5.41) is 2.77. The molecule has 0 aliphatic rings. The molecule has 5 nitrogen and oxygen atoms in total. The van der Waals surface area contributed by atoms with Gasteiger partial charge in [-0.2, -0.15) is 4.98 Å². The Morgan fingerprint density at radius 3 is 2.60 bits per heavy atom. The van der Waals surface area contributed by atoms with Crippen molar-refractivity contribution in [3.63, 3.8) is 0 Å². The summed E-state index contributed by atoms with van der Waals surface area (Å²) < 4.78 is 6.51. The lowest BCUT2D eigenvalue weighted by molar-refractivity contribution is 0.102. The number of para-hydroxylation sites is 1. The summed E-state index contributed by atoms with van der Waals surface area (Å²) in [5.74, 6) is -0.281. The SMILES string of the molecule is COc1nc(Cl)ncc1C(=O)Nc1c(Br)cccc1Br. The minimum atomic E-state index is -0.397. The molecule has 0 bridgehead atoms. The second-order valence-corrected chi connectivity index (χ2v) is 5.66. The lowest BCUT2D eigenvalue weighted by Gasteiger charge is -2.11. The summed E-state index contributed by atoms with van der Waals surface area (Å²) in [6, 6.07) is 5.47. The number of methoxy groups -OCH3 is 1. The van der Waals surface area contributed by atoms with Crippen molar-refractivity contribution in [1.82, 2.24) is 9.97 Å². The lowest BCUT2D eigenvalue weighted by atomic mass is 10.2. The first kappa shape index (κ1) is 15.2. The quantitative estimate of drug-likeness (QED) is 0.763. The van der Waals surface area contributed by atoms with Crippen LogP contribution in [-0.4, -0.2) is 23.0 Å². The summed E-state index contributed by atoms with van der Waals surface area (Å²) in [6.45, 7) is 0. The summed E-state index contributed by atoms with van der Waals surface area (Å²) >= 11 is 12.4. The minimum Gasteiger partial charge on any atom is -0.480 e. The lowest BCUT2D eigenvalue weighted by Crippen LogP contribution is -2.15. The maximum absolute atomic E-state index is 12.3. The van der Waals surface area contributed by atoms with Crippen LogP contribution in [0.25, 0.3) is 0 Å². The standard InChI is InChI=1S/C12H8Br2ClN3O2/c1-20-11-6(5-16-12(15)18-11)10(19)17-9-7(13)3-2-4-8(9)14/h2-5H,1H3,(H,17,19). The van der Waals surface area contributed by atoms with Crippen molar-refractivity contribution in [2.45, 2.75) is 0 Å². The van der Waals surface area contributed by atoms with Gasteiger partial charge in [-0.3, -0.25) is 4.79 Å². The highest BCUT2D eigenvalue weighted by molar-refractivity contribution is 9.11. The molecule has 20 heavy (non-hydrogen) atoms. The van der Waals surface area contributed by atoms with Gasteiger partial charge in [-0.25, -0.2) is 4.98 Å². The molecule has 104 valence electrons. The van der Waals surface area contributed by atoms with Gasteiger partial charge in [-0.05, 0) is 55.6 Å². The Morgan fingerprint density at radius 2 is 2.00 bits per heavy atom. The number of amides is 1. The van der Waals surface area contributed by atoms with Gasteiger partial charge in [-0.1, -0.05) is 6.07 Å². The molecule has 1 amide bonds. The van der Waals surface area contributed by atoms with Crippen molar-refractivity contribution in [3.05, 3.63) is 44.2 Å². The molecule has 8 heteroatoms. The van der Waals surface area contributed by atoms with Crippen molar-refractivity contribution < 1.29 is 9.53 Å². The van der Waals surface area contributed by atoms with Gasteiger partial charge in [0.25, 0.3) is 5.91 Å². The van der Waals surface area contributed by atoms with E-state index in [0.717, 1.165) is 8.95 Å². The average molecular weight is 421 g/mol. The van der Waals surface area contributed by atoms with E-state index in [1.807, 2.05) is 18.2 Å². The number of anilines is 1. The van der Waals surface area contributed by atoms with E-state index in [0.29, 0.717) is 5.69 Å². The number of aromatic nitrogens is 2. The first-order chi connectivity index (χ1) is 9.52. The fourth-order valence-corrected chi connectivity index (χ4v) is 2.78. The Labute approximate surface area is 137 Å². The van der Waals surface area contributed by atoms with Gasteiger partial charge in [0.15, 0.2) is 0 Å². The highest BCUT2D eigenvalue weighted by atomic mass is 79.9. The van der Waals surface area contributed by atoms with Crippen LogP contribution in [0.5, 0.6) is 5.88 Å². The van der Waals surface area contributed by atoms with Gasteiger partial charge < -0.3 is 10.1 Å². The van der Waals surface area contributed by atoms with Crippen LogP contribution in [0.2, 0.25) is 5.28 Å². The molecule has 0 saturated heterocycles. The van der Waals surface area contributed by atoms with Gasteiger partial charge in [0.1, 0.15) is 5.56 Å². The highest BCUT2D eigenvalue weighted by Crippen LogP contribution is 2.31. The van der Waals surface area contributed by atoms with Crippen LogP contribution < -0.4 is 10.1 Å². The number of halogens is 3. The molecule has 1 heterocycles. The fraction of sp³-hybridized carbons (Fsp3) is 0.0833. The molecule has 0 fully saturated rings. The van der Waals surface area contributed by atoms with Gasteiger partial charge in [0.05, 0.1) is 12.8 Å². The predicted octanol–water partition coefficient (Wildman–Crippen LogP) is 3.92. The van der Waals surface area contributed by atoms with Gasteiger partial charge in [0, 0.05) is 15.1 Å². The number of carbonyl (C=O) groups excluding carboxylic acids is 1. The molecule has 1 aromatic carbocycles. The highest BCUT2D eigenvalue weighted by Gasteiger charge is 2.17. The normalized spacial score (nSPS) is 10.2. The summed E-state index contributed by atoms with van der Waals surface area (Å²) in [5.41, 5.74) is 0.800. The van der Waals surface area contributed by atoms with Crippen molar-refractivity contribution in [3.8, 4) is 5.88 Å². The van der Waals surface area contributed by atoms with E-state index in [9.17, 15) is 4.79 Å². The number of benzene rings is 1. The molecule has 0 aliphatic carbocycles. The molecule has 0 radical (unpaired) electrons. The Morgan fingerprint density at radius 1 is 1.35 bits per heavy atom. The third-order valence-electron chi connectivity index (χ3n) is 2.36. The van der Waals surface area contributed by atoms with Crippen LogP contribution in [0, 0.1) is 0 Å². The van der Waals surface area contributed by atoms with E-state index < -0.39 is 5.91 Å². The maximum Gasteiger partial charge on any atom is 0.262 e. The van der Waals surface area contributed by atoms with Crippen LogP contribution in [0.3, 0.4) is 0 Å². The van der Waals surface area contributed by atoms with Gasteiger partial charge >= 0.3 is 0 Å². The van der Waals surface area contributed by atoms with Crippen LogP contribution >= 0.6 is 43.5 Å². The molecular weight excluding hydrogens is 413 g/mol. The molecule has 1 N–H and O–H groups in total. The Bertz CT molecular complexity index is 647. The molecule has 1 aromatic heterocycles. The smallest absolute Gasteiger partial charge is 0.262 e.